The second-order valence-electron chi connectivity index (χ2n) is 9.35. The third-order valence-corrected chi connectivity index (χ3v) is 8.95. The average Bonchev–Trinajstić information content (AvgIpc) is 3.26. The van der Waals surface area contributed by atoms with Crippen LogP contribution in [0.4, 0.5) is 11.1 Å². The first-order valence-corrected chi connectivity index (χ1v) is 14.9. The molecule has 10 heteroatoms. The molecule has 0 radical (unpaired) electrons. The highest BCUT2D eigenvalue weighted by Crippen LogP contribution is 2.32. The topological polar surface area (TPSA) is 91.3 Å². The fraction of sp³-hybridized carbons (Fsp3) is 0.480. The summed E-state index contributed by atoms with van der Waals surface area (Å²) in [4.78, 5) is 16.2. The molecule has 0 unspecified atom stereocenters. The standard InChI is InChI=1S/C25H32N6O2S2/c1-3-4-18-16-26-24(27-17-18)30-11-9-21(10-12-30)28-25-29-22-6-5-20(15-23(22)34-25)19-7-13-31(14-8-19)35(2,32)33/h5-7,15-17,21H,3-4,8-14H2,1-2H3,(H,28,29). The van der Waals surface area contributed by atoms with E-state index in [4.69, 9.17) is 4.98 Å². The molecule has 2 aromatic heterocycles. The highest BCUT2D eigenvalue weighted by atomic mass is 32.2. The molecule has 35 heavy (non-hydrogen) atoms. The molecular weight excluding hydrogens is 480 g/mol. The summed E-state index contributed by atoms with van der Waals surface area (Å²) in [6.07, 6.45) is 12.1. The Balaban J connectivity index is 1.20. The molecule has 2 aliphatic heterocycles. The van der Waals surface area contributed by atoms with Gasteiger partial charge < -0.3 is 10.2 Å². The molecule has 0 bridgehead atoms. The molecular formula is C25H32N6O2S2. The molecule has 8 nitrogen and oxygen atoms in total. The first kappa shape index (κ1) is 24.1. The van der Waals surface area contributed by atoms with Crippen LogP contribution in [0.15, 0.2) is 36.7 Å². The van der Waals surface area contributed by atoms with Crippen molar-refractivity contribution in [3.05, 3.63) is 47.8 Å². The van der Waals surface area contributed by atoms with Crippen molar-refractivity contribution in [3.8, 4) is 0 Å². The molecule has 5 rings (SSSR count). The summed E-state index contributed by atoms with van der Waals surface area (Å²) in [7, 11) is -3.14. The van der Waals surface area contributed by atoms with Crippen molar-refractivity contribution in [2.24, 2.45) is 0 Å². The van der Waals surface area contributed by atoms with E-state index in [0.717, 1.165) is 72.1 Å². The molecule has 2 aliphatic rings. The quantitative estimate of drug-likeness (QED) is 0.508. The summed E-state index contributed by atoms with van der Waals surface area (Å²) in [5, 5.41) is 4.60. The van der Waals surface area contributed by atoms with Crippen LogP contribution in [0.3, 0.4) is 0 Å². The number of benzene rings is 1. The summed E-state index contributed by atoms with van der Waals surface area (Å²) in [5.41, 5.74) is 4.54. The van der Waals surface area contributed by atoms with Gasteiger partial charge in [0.15, 0.2) is 5.13 Å². The van der Waals surface area contributed by atoms with Crippen LogP contribution in [0.2, 0.25) is 0 Å². The highest BCUT2D eigenvalue weighted by Gasteiger charge is 2.23. The van der Waals surface area contributed by atoms with Gasteiger partial charge in [-0.1, -0.05) is 36.8 Å². The van der Waals surface area contributed by atoms with Gasteiger partial charge in [-0.3, -0.25) is 0 Å². The molecule has 0 spiro atoms. The second kappa shape index (κ2) is 10.2. The number of aryl methyl sites for hydroxylation is 1. The van der Waals surface area contributed by atoms with Gasteiger partial charge in [0.25, 0.3) is 0 Å². The summed E-state index contributed by atoms with van der Waals surface area (Å²) < 4.78 is 26.2. The van der Waals surface area contributed by atoms with Gasteiger partial charge in [0.05, 0.1) is 16.5 Å². The average molecular weight is 513 g/mol. The summed E-state index contributed by atoms with van der Waals surface area (Å²) in [5.74, 6) is 0.826. The maximum atomic E-state index is 11.8. The lowest BCUT2D eigenvalue weighted by atomic mass is 10.0. The molecule has 0 saturated carbocycles. The van der Waals surface area contributed by atoms with Gasteiger partial charge in [-0.15, -0.1) is 0 Å². The number of nitrogens with one attached hydrogen (secondary N) is 1. The van der Waals surface area contributed by atoms with E-state index in [0.29, 0.717) is 19.1 Å². The Hall–Kier alpha value is -2.56. The van der Waals surface area contributed by atoms with Crippen LogP contribution in [-0.4, -0.2) is 66.2 Å². The van der Waals surface area contributed by atoms with Gasteiger partial charge in [-0.2, -0.15) is 4.31 Å². The normalized spacial score (nSPS) is 18.1. The Kier molecular flexibility index (Phi) is 7.04. The molecule has 1 aromatic carbocycles. The van der Waals surface area contributed by atoms with E-state index >= 15 is 0 Å². The Labute approximate surface area is 211 Å². The van der Waals surface area contributed by atoms with Crippen LogP contribution in [0.1, 0.15) is 43.7 Å². The van der Waals surface area contributed by atoms with Crippen molar-refractivity contribution in [1.29, 1.82) is 0 Å². The fourth-order valence-electron chi connectivity index (χ4n) is 4.73. The van der Waals surface area contributed by atoms with E-state index in [1.165, 1.54) is 21.7 Å². The lowest BCUT2D eigenvalue weighted by Gasteiger charge is -2.32. The Bertz CT molecular complexity index is 1310. The Morgan fingerprint density at radius 1 is 1.14 bits per heavy atom. The minimum absolute atomic E-state index is 0.383. The monoisotopic (exact) mass is 512 g/mol. The predicted octanol–water partition coefficient (Wildman–Crippen LogP) is 4.17. The van der Waals surface area contributed by atoms with Crippen molar-refractivity contribution >= 4 is 48.2 Å². The number of nitrogens with zero attached hydrogens (tertiary/aromatic N) is 5. The minimum atomic E-state index is -3.14. The number of sulfonamides is 1. The summed E-state index contributed by atoms with van der Waals surface area (Å²) >= 11 is 1.68. The van der Waals surface area contributed by atoms with Crippen molar-refractivity contribution in [2.45, 2.75) is 45.1 Å². The zero-order valence-electron chi connectivity index (χ0n) is 20.3. The maximum absolute atomic E-state index is 11.8. The van der Waals surface area contributed by atoms with Crippen molar-refractivity contribution in [1.82, 2.24) is 19.3 Å². The van der Waals surface area contributed by atoms with Gasteiger partial charge in [0, 0.05) is 44.6 Å². The number of hydrogen-bond acceptors (Lipinski definition) is 8. The molecule has 0 atom stereocenters. The molecule has 1 N–H and O–H groups in total. The predicted molar refractivity (Wildman–Crippen MR) is 144 cm³/mol. The SMILES string of the molecule is CCCc1cnc(N2CCC(Nc3nc4ccc(C5=CCN(S(C)(=O)=O)CC5)cc4s3)CC2)nc1. The summed E-state index contributed by atoms with van der Waals surface area (Å²) in [6.45, 7) is 5.00. The minimum Gasteiger partial charge on any atom is -0.359 e. The largest absolute Gasteiger partial charge is 0.359 e. The number of rotatable bonds is 7. The van der Waals surface area contributed by atoms with Crippen LogP contribution >= 0.6 is 11.3 Å². The Morgan fingerprint density at radius 2 is 1.91 bits per heavy atom. The molecule has 0 aliphatic carbocycles. The number of anilines is 2. The molecule has 0 amide bonds. The van der Waals surface area contributed by atoms with Crippen LogP contribution in [0, 0.1) is 0 Å². The van der Waals surface area contributed by atoms with E-state index in [-0.39, 0.29) is 0 Å². The third kappa shape index (κ3) is 5.65. The second-order valence-corrected chi connectivity index (χ2v) is 12.4. The van der Waals surface area contributed by atoms with E-state index in [9.17, 15) is 8.42 Å². The van der Waals surface area contributed by atoms with Gasteiger partial charge in [-0.05, 0) is 54.5 Å². The molecule has 1 fully saturated rings. The molecule has 4 heterocycles. The van der Waals surface area contributed by atoms with Crippen molar-refractivity contribution in [2.75, 3.05) is 42.7 Å². The van der Waals surface area contributed by atoms with Crippen LogP contribution in [0.25, 0.3) is 15.8 Å². The van der Waals surface area contributed by atoms with Gasteiger partial charge in [-0.25, -0.2) is 23.4 Å². The van der Waals surface area contributed by atoms with Gasteiger partial charge in [0.1, 0.15) is 0 Å². The zero-order chi connectivity index (χ0) is 24.4. The van der Waals surface area contributed by atoms with Crippen LogP contribution in [0.5, 0.6) is 0 Å². The number of thiazole rings is 1. The number of hydrogen-bond donors (Lipinski definition) is 1. The Morgan fingerprint density at radius 3 is 2.57 bits per heavy atom. The third-order valence-electron chi connectivity index (χ3n) is 6.74. The molecule has 186 valence electrons. The zero-order valence-corrected chi connectivity index (χ0v) is 21.9. The van der Waals surface area contributed by atoms with Crippen molar-refractivity contribution < 1.29 is 8.42 Å². The number of piperidine rings is 1. The van der Waals surface area contributed by atoms with Crippen molar-refractivity contribution in [3.63, 3.8) is 0 Å². The fourth-order valence-corrected chi connectivity index (χ4v) is 6.48. The highest BCUT2D eigenvalue weighted by molar-refractivity contribution is 7.88. The number of fused-ring (bicyclic) bond motifs is 1. The van der Waals surface area contributed by atoms with E-state index < -0.39 is 10.0 Å². The smallest absolute Gasteiger partial charge is 0.225 e. The van der Waals surface area contributed by atoms with Crippen LogP contribution in [-0.2, 0) is 16.4 Å². The molecule has 1 saturated heterocycles. The van der Waals surface area contributed by atoms with E-state index in [1.54, 1.807) is 11.3 Å². The van der Waals surface area contributed by atoms with Gasteiger partial charge in [0.2, 0.25) is 16.0 Å². The lowest BCUT2D eigenvalue weighted by Crippen LogP contribution is -2.39. The van der Waals surface area contributed by atoms with E-state index in [1.807, 2.05) is 18.5 Å². The lowest BCUT2D eigenvalue weighted by molar-refractivity contribution is 0.446. The first-order valence-electron chi connectivity index (χ1n) is 12.3. The van der Waals surface area contributed by atoms with E-state index in [2.05, 4.69) is 45.3 Å². The van der Waals surface area contributed by atoms with Crippen LogP contribution < -0.4 is 10.2 Å². The maximum Gasteiger partial charge on any atom is 0.225 e. The van der Waals surface area contributed by atoms with Gasteiger partial charge >= 0.3 is 0 Å². The molecule has 3 aromatic rings. The summed E-state index contributed by atoms with van der Waals surface area (Å²) in [6, 6.07) is 6.73. The number of aromatic nitrogens is 3. The first-order chi connectivity index (χ1) is 16.9.